The van der Waals surface area contributed by atoms with E-state index in [1.807, 2.05) is 24.3 Å². The summed E-state index contributed by atoms with van der Waals surface area (Å²) in [4.78, 5) is 13.3. The van der Waals surface area contributed by atoms with Crippen molar-refractivity contribution in [3.05, 3.63) is 53.2 Å². The second kappa shape index (κ2) is 7.16. The van der Waals surface area contributed by atoms with Gasteiger partial charge in [-0.05, 0) is 6.42 Å². The summed E-state index contributed by atoms with van der Waals surface area (Å²) in [6, 6.07) is 12.1. The predicted octanol–water partition coefficient (Wildman–Crippen LogP) is 3.30. The number of benzene rings is 1. The summed E-state index contributed by atoms with van der Waals surface area (Å²) in [6.07, 6.45) is 0.975. The molecule has 6 nitrogen and oxygen atoms in total. The molecule has 3 N–H and O–H groups in total. The molecule has 1 aromatic carbocycles. The van der Waals surface area contributed by atoms with Gasteiger partial charge in [0.15, 0.2) is 0 Å². The molecule has 0 aliphatic carbocycles. The van der Waals surface area contributed by atoms with Gasteiger partial charge in [-0.3, -0.25) is 0 Å². The molecule has 0 saturated carbocycles. The monoisotopic (exact) mass is 353 g/mol. The van der Waals surface area contributed by atoms with Crippen LogP contribution in [0.3, 0.4) is 0 Å². The van der Waals surface area contributed by atoms with Crippen LogP contribution in [-0.4, -0.2) is 28.2 Å². The van der Waals surface area contributed by atoms with Gasteiger partial charge in [0.1, 0.15) is 10.8 Å². The van der Waals surface area contributed by atoms with Crippen molar-refractivity contribution in [2.45, 2.75) is 18.9 Å². The molecule has 3 heterocycles. The minimum absolute atomic E-state index is 0.287. The Bertz CT molecular complexity index is 846. The van der Waals surface area contributed by atoms with Crippen LogP contribution in [0.1, 0.15) is 23.7 Å². The number of rotatable bonds is 5. The van der Waals surface area contributed by atoms with E-state index in [1.165, 1.54) is 0 Å². The van der Waals surface area contributed by atoms with Gasteiger partial charge in [0.25, 0.3) is 0 Å². The van der Waals surface area contributed by atoms with E-state index >= 15 is 0 Å². The van der Waals surface area contributed by atoms with Crippen molar-refractivity contribution in [1.82, 2.24) is 15.0 Å². The van der Waals surface area contributed by atoms with Gasteiger partial charge < -0.3 is 15.8 Å². The number of nitrogen functional groups attached to an aromatic ring is 1. The molecular weight excluding hydrogens is 334 g/mol. The Morgan fingerprint density at radius 3 is 2.88 bits per heavy atom. The van der Waals surface area contributed by atoms with Gasteiger partial charge in [0.2, 0.25) is 5.95 Å². The lowest BCUT2D eigenvalue weighted by molar-refractivity contribution is 0.193. The zero-order valence-corrected chi connectivity index (χ0v) is 14.5. The van der Waals surface area contributed by atoms with Crippen molar-refractivity contribution >= 4 is 23.1 Å². The fraction of sp³-hybridized carbons (Fsp3) is 0.278. The first-order valence-electron chi connectivity index (χ1n) is 8.24. The molecule has 1 atom stereocenters. The van der Waals surface area contributed by atoms with Crippen molar-refractivity contribution in [2.24, 2.45) is 0 Å². The molecular formula is C18H19N5OS. The first-order valence-corrected chi connectivity index (χ1v) is 9.12. The van der Waals surface area contributed by atoms with E-state index in [9.17, 15) is 0 Å². The zero-order chi connectivity index (χ0) is 17.1. The number of nitrogens with two attached hydrogens (primary N) is 1. The van der Waals surface area contributed by atoms with Crippen molar-refractivity contribution in [3.8, 4) is 10.6 Å². The van der Waals surface area contributed by atoms with Gasteiger partial charge >= 0.3 is 0 Å². The Balaban J connectivity index is 1.45. The van der Waals surface area contributed by atoms with Crippen LogP contribution in [0.5, 0.6) is 0 Å². The van der Waals surface area contributed by atoms with Crippen molar-refractivity contribution < 1.29 is 4.74 Å². The molecule has 3 aromatic rings. The number of nitrogens with one attached hydrogen (secondary N) is 1. The van der Waals surface area contributed by atoms with E-state index in [2.05, 4.69) is 37.8 Å². The van der Waals surface area contributed by atoms with Gasteiger partial charge in [0.05, 0.1) is 24.5 Å². The molecule has 1 fully saturated rings. The zero-order valence-electron chi connectivity index (χ0n) is 13.7. The van der Waals surface area contributed by atoms with Gasteiger partial charge in [-0.15, -0.1) is 11.3 Å². The lowest BCUT2D eigenvalue weighted by Crippen LogP contribution is -2.09. The highest BCUT2D eigenvalue weighted by molar-refractivity contribution is 7.13. The molecule has 0 spiro atoms. The maximum Gasteiger partial charge on any atom is 0.222 e. The molecule has 128 valence electrons. The minimum atomic E-state index is 0.287. The SMILES string of the molecule is Nc1nc(NCc2csc(-c3ccccc3)n2)cc([C@H]2CCOC2)n1. The van der Waals surface area contributed by atoms with Crippen LogP contribution in [0.25, 0.3) is 10.6 Å². The van der Waals surface area contributed by atoms with Crippen LogP contribution >= 0.6 is 11.3 Å². The van der Waals surface area contributed by atoms with E-state index in [-0.39, 0.29) is 5.95 Å². The van der Waals surface area contributed by atoms with E-state index in [0.29, 0.717) is 19.1 Å². The normalized spacial score (nSPS) is 16.9. The van der Waals surface area contributed by atoms with Crippen LogP contribution in [0.4, 0.5) is 11.8 Å². The van der Waals surface area contributed by atoms with E-state index in [1.54, 1.807) is 11.3 Å². The maximum atomic E-state index is 5.86. The van der Waals surface area contributed by atoms with Gasteiger partial charge in [-0.2, -0.15) is 4.98 Å². The Kier molecular flexibility index (Phi) is 4.58. The molecule has 0 bridgehead atoms. The average Bonchev–Trinajstić information content (AvgIpc) is 3.32. The Hall–Kier alpha value is -2.51. The maximum absolute atomic E-state index is 5.86. The summed E-state index contributed by atoms with van der Waals surface area (Å²) in [7, 11) is 0. The second-order valence-electron chi connectivity index (χ2n) is 5.96. The largest absolute Gasteiger partial charge is 0.381 e. The molecule has 1 aliphatic heterocycles. The highest BCUT2D eigenvalue weighted by Gasteiger charge is 2.20. The standard InChI is InChI=1S/C18H19N5OS/c19-18-22-15(13-6-7-24-10-13)8-16(23-18)20-9-14-11-25-17(21-14)12-4-2-1-3-5-12/h1-5,8,11,13H,6-7,9-10H2,(H3,19,20,22,23)/t13-/m0/s1. The number of thiazole rings is 1. The third kappa shape index (κ3) is 3.78. The van der Waals surface area contributed by atoms with Crippen molar-refractivity contribution in [2.75, 3.05) is 24.3 Å². The number of anilines is 2. The second-order valence-corrected chi connectivity index (χ2v) is 6.82. The summed E-state index contributed by atoms with van der Waals surface area (Å²) < 4.78 is 5.44. The molecule has 0 amide bonds. The number of ether oxygens (including phenoxy) is 1. The number of hydrogen-bond acceptors (Lipinski definition) is 7. The third-order valence-corrected chi connectivity index (χ3v) is 5.07. The van der Waals surface area contributed by atoms with E-state index in [0.717, 1.165) is 40.8 Å². The number of aromatic nitrogens is 3. The first-order chi connectivity index (χ1) is 12.3. The predicted molar refractivity (Wildman–Crippen MR) is 99.5 cm³/mol. The third-order valence-electron chi connectivity index (χ3n) is 4.13. The summed E-state index contributed by atoms with van der Waals surface area (Å²) in [5.41, 5.74) is 8.91. The molecule has 7 heteroatoms. The van der Waals surface area contributed by atoms with Crippen LogP contribution in [0.2, 0.25) is 0 Å². The molecule has 2 aromatic heterocycles. The van der Waals surface area contributed by atoms with E-state index < -0.39 is 0 Å². The lowest BCUT2D eigenvalue weighted by atomic mass is 10.0. The van der Waals surface area contributed by atoms with Gasteiger partial charge in [0, 0.05) is 29.5 Å². The quantitative estimate of drug-likeness (QED) is 0.732. The Morgan fingerprint density at radius 2 is 2.08 bits per heavy atom. The number of nitrogens with zero attached hydrogens (tertiary/aromatic N) is 3. The fourth-order valence-corrected chi connectivity index (χ4v) is 3.66. The summed E-state index contributed by atoms with van der Waals surface area (Å²) in [5, 5.41) is 6.38. The summed E-state index contributed by atoms with van der Waals surface area (Å²) in [5.74, 6) is 1.31. The van der Waals surface area contributed by atoms with Gasteiger partial charge in [-0.1, -0.05) is 30.3 Å². The topological polar surface area (TPSA) is 86.0 Å². The van der Waals surface area contributed by atoms with Crippen LogP contribution in [-0.2, 0) is 11.3 Å². The molecule has 25 heavy (non-hydrogen) atoms. The summed E-state index contributed by atoms with van der Waals surface area (Å²) >= 11 is 1.64. The minimum Gasteiger partial charge on any atom is -0.381 e. The summed E-state index contributed by atoms with van der Waals surface area (Å²) in [6.45, 7) is 2.07. The fourth-order valence-electron chi connectivity index (χ4n) is 2.84. The Labute approximate surface area is 150 Å². The van der Waals surface area contributed by atoms with E-state index in [4.69, 9.17) is 10.5 Å². The molecule has 1 aliphatic rings. The molecule has 0 unspecified atom stereocenters. The highest BCUT2D eigenvalue weighted by Crippen LogP contribution is 2.26. The average molecular weight is 353 g/mol. The Morgan fingerprint density at radius 1 is 1.20 bits per heavy atom. The highest BCUT2D eigenvalue weighted by atomic mass is 32.1. The molecule has 1 saturated heterocycles. The van der Waals surface area contributed by atoms with Crippen molar-refractivity contribution in [3.63, 3.8) is 0 Å². The smallest absolute Gasteiger partial charge is 0.222 e. The number of hydrogen-bond donors (Lipinski definition) is 2. The molecule has 4 rings (SSSR count). The molecule has 0 radical (unpaired) electrons. The van der Waals surface area contributed by atoms with Crippen molar-refractivity contribution in [1.29, 1.82) is 0 Å². The lowest BCUT2D eigenvalue weighted by Gasteiger charge is -2.10. The first kappa shape index (κ1) is 16.0. The van der Waals surface area contributed by atoms with Crippen LogP contribution in [0.15, 0.2) is 41.8 Å². The van der Waals surface area contributed by atoms with Gasteiger partial charge in [-0.25, -0.2) is 9.97 Å². The van der Waals surface area contributed by atoms with Crippen LogP contribution < -0.4 is 11.1 Å². The van der Waals surface area contributed by atoms with Crippen LogP contribution in [0, 0.1) is 0 Å².